The van der Waals surface area contributed by atoms with E-state index in [1.54, 1.807) is 13.8 Å². The van der Waals surface area contributed by atoms with Crippen molar-refractivity contribution < 1.29 is 29.0 Å². The zero-order valence-corrected chi connectivity index (χ0v) is 18.7. The topological polar surface area (TPSA) is 105 Å². The lowest BCUT2D eigenvalue weighted by Crippen LogP contribution is -2.58. The van der Waals surface area contributed by atoms with Gasteiger partial charge in [0.25, 0.3) is 0 Å². The molecule has 2 aliphatic rings. The summed E-state index contributed by atoms with van der Waals surface area (Å²) in [6.45, 7) is 4.01. The van der Waals surface area contributed by atoms with Gasteiger partial charge in [-0.3, -0.25) is 4.79 Å². The van der Waals surface area contributed by atoms with Crippen LogP contribution in [0.1, 0.15) is 30.9 Å². The summed E-state index contributed by atoms with van der Waals surface area (Å²) in [5.41, 5.74) is 4.54. The number of alkyl carbamates (subject to hydrolysis) is 1. The maximum atomic E-state index is 12.8. The van der Waals surface area contributed by atoms with Crippen molar-refractivity contribution in [1.29, 1.82) is 0 Å². The van der Waals surface area contributed by atoms with E-state index in [9.17, 15) is 19.5 Å². The first kappa shape index (κ1) is 22.8. The van der Waals surface area contributed by atoms with Crippen molar-refractivity contribution in [2.24, 2.45) is 5.92 Å². The summed E-state index contributed by atoms with van der Waals surface area (Å²) in [5, 5.41) is 12.1. The van der Waals surface area contributed by atoms with Crippen molar-refractivity contribution in [3.63, 3.8) is 0 Å². The number of ether oxygens (including phenoxy) is 2. The van der Waals surface area contributed by atoms with Crippen LogP contribution in [0, 0.1) is 5.92 Å². The molecular formula is C25H28N2O6. The van der Waals surface area contributed by atoms with Crippen LogP contribution in [0.5, 0.6) is 0 Å². The van der Waals surface area contributed by atoms with Gasteiger partial charge in [-0.15, -0.1) is 0 Å². The SMILES string of the molecule is CC(CNC(=O)OCC1c2ccccc2-c2ccccc21)C(=O)N1CCOC(C)C1C(=O)O. The van der Waals surface area contributed by atoms with Gasteiger partial charge < -0.3 is 24.8 Å². The first-order valence-corrected chi connectivity index (χ1v) is 11.1. The van der Waals surface area contributed by atoms with Crippen molar-refractivity contribution >= 4 is 18.0 Å². The summed E-state index contributed by atoms with van der Waals surface area (Å²) in [5.74, 6) is -2.09. The van der Waals surface area contributed by atoms with E-state index in [0.717, 1.165) is 22.3 Å². The molecule has 3 unspecified atom stereocenters. The molecule has 1 aliphatic carbocycles. The van der Waals surface area contributed by atoms with Crippen molar-refractivity contribution in [3.8, 4) is 11.1 Å². The molecule has 3 atom stereocenters. The Hall–Kier alpha value is -3.39. The van der Waals surface area contributed by atoms with Gasteiger partial charge in [0.15, 0.2) is 6.04 Å². The average molecular weight is 453 g/mol. The Balaban J connectivity index is 1.33. The molecule has 1 aliphatic heterocycles. The second-order valence-corrected chi connectivity index (χ2v) is 8.50. The third-order valence-corrected chi connectivity index (χ3v) is 6.35. The van der Waals surface area contributed by atoms with Gasteiger partial charge in [0, 0.05) is 19.0 Å². The number of morpholine rings is 1. The lowest BCUT2D eigenvalue weighted by atomic mass is 9.98. The van der Waals surface area contributed by atoms with Crippen LogP contribution in [-0.4, -0.2) is 66.4 Å². The standard InChI is InChI=1S/C25H28N2O6/c1-15(23(28)27-11-12-32-16(2)22(27)24(29)30)13-26-25(31)33-14-21-19-9-5-3-7-17(19)18-8-4-6-10-20(18)21/h3-10,15-16,21-22H,11-14H2,1-2H3,(H,26,31)(H,29,30). The van der Waals surface area contributed by atoms with Crippen LogP contribution < -0.4 is 5.32 Å². The molecule has 8 heteroatoms. The Morgan fingerprint density at radius 1 is 1.12 bits per heavy atom. The molecule has 0 spiro atoms. The van der Waals surface area contributed by atoms with E-state index in [-0.39, 0.29) is 38.1 Å². The molecule has 0 bridgehead atoms. The van der Waals surface area contributed by atoms with Gasteiger partial charge in [-0.1, -0.05) is 55.5 Å². The molecular weight excluding hydrogens is 424 g/mol. The van der Waals surface area contributed by atoms with Gasteiger partial charge in [-0.05, 0) is 29.2 Å². The highest BCUT2D eigenvalue weighted by Crippen LogP contribution is 2.44. The van der Waals surface area contributed by atoms with Gasteiger partial charge in [-0.25, -0.2) is 9.59 Å². The van der Waals surface area contributed by atoms with Crippen molar-refractivity contribution in [2.75, 3.05) is 26.3 Å². The highest BCUT2D eigenvalue weighted by Gasteiger charge is 2.39. The maximum Gasteiger partial charge on any atom is 0.407 e. The number of nitrogens with zero attached hydrogens (tertiary/aromatic N) is 1. The molecule has 4 rings (SSSR count). The molecule has 0 radical (unpaired) electrons. The van der Waals surface area contributed by atoms with Gasteiger partial charge >= 0.3 is 12.1 Å². The number of carboxylic acids is 1. The third-order valence-electron chi connectivity index (χ3n) is 6.35. The minimum atomic E-state index is -1.10. The van der Waals surface area contributed by atoms with Crippen LogP contribution in [0.2, 0.25) is 0 Å². The zero-order valence-electron chi connectivity index (χ0n) is 18.7. The Labute approximate surface area is 192 Å². The first-order chi connectivity index (χ1) is 15.9. The van der Waals surface area contributed by atoms with E-state index in [1.165, 1.54) is 4.90 Å². The van der Waals surface area contributed by atoms with Crippen molar-refractivity contribution in [2.45, 2.75) is 31.9 Å². The minimum absolute atomic E-state index is 0.0478. The molecule has 1 saturated heterocycles. The van der Waals surface area contributed by atoms with E-state index < -0.39 is 30.1 Å². The highest BCUT2D eigenvalue weighted by molar-refractivity contribution is 5.86. The molecule has 174 valence electrons. The number of carboxylic acid groups (broad SMARTS) is 1. The quantitative estimate of drug-likeness (QED) is 0.698. The fraction of sp³-hybridized carbons (Fsp3) is 0.400. The van der Waals surface area contributed by atoms with E-state index in [1.807, 2.05) is 36.4 Å². The van der Waals surface area contributed by atoms with Crippen LogP contribution in [-0.2, 0) is 19.1 Å². The van der Waals surface area contributed by atoms with Gasteiger partial charge in [0.05, 0.1) is 18.6 Å². The van der Waals surface area contributed by atoms with Crippen LogP contribution in [0.4, 0.5) is 4.79 Å². The molecule has 1 heterocycles. The second-order valence-electron chi connectivity index (χ2n) is 8.50. The number of amides is 2. The molecule has 2 aromatic rings. The number of nitrogens with one attached hydrogen (secondary N) is 1. The Bertz CT molecular complexity index is 1010. The fourth-order valence-electron chi connectivity index (χ4n) is 4.66. The number of hydrogen-bond acceptors (Lipinski definition) is 5. The lowest BCUT2D eigenvalue weighted by molar-refractivity contribution is -0.166. The summed E-state index contributed by atoms with van der Waals surface area (Å²) in [6.07, 6.45) is -1.20. The summed E-state index contributed by atoms with van der Waals surface area (Å²) in [6, 6.07) is 15.1. The smallest absolute Gasteiger partial charge is 0.407 e. The molecule has 2 N–H and O–H groups in total. The number of fused-ring (bicyclic) bond motifs is 3. The molecule has 1 fully saturated rings. The summed E-state index contributed by atoms with van der Waals surface area (Å²) >= 11 is 0. The number of aliphatic carboxylic acids is 1. The van der Waals surface area contributed by atoms with Crippen LogP contribution in [0.15, 0.2) is 48.5 Å². The average Bonchev–Trinajstić information content (AvgIpc) is 3.14. The monoisotopic (exact) mass is 452 g/mol. The zero-order chi connectivity index (χ0) is 23.5. The number of benzene rings is 2. The largest absolute Gasteiger partial charge is 0.480 e. The van der Waals surface area contributed by atoms with Crippen molar-refractivity contribution in [3.05, 3.63) is 59.7 Å². The van der Waals surface area contributed by atoms with Crippen molar-refractivity contribution in [1.82, 2.24) is 10.2 Å². The van der Waals surface area contributed by atoms with Gasteiger partial charge in [-0.2, -0.15) is 0 Å². The van der Waals surface area contributed by atoms with Crippen LogP contribution in [0.25, 0.3) is 11.1 Å². The van der Waals surface area contributed by atoms with Gasteiger partial charge in [0.2, 0.25) is 5.91 Å². The Kier molecular flexibility index (Phi) is 6.65. The van der Waals surface area contributed by atoms with E-state index in [2.05, 4.69) is 17.4 Å². The molecule has 0 aromatic heterocycles. The number of rotatable bonds is 6. The molecule has 2 aromatic carbocycles. The maximum absolute atomic E-state index is 12.8. The predicted molar refractivity (Wildman–Crippen MR) is 121 cm³/mol. The molecule has 2 amide bonds. The molecule has 8 nitrogen and oxygen atoms in total. The molecule has 0 saturated carbocycles. The summed E-state index contributed by atoms with van der Waals surface area (Å²) < 4.78 is 10.9. The normalized spacial score (nSPS) is 20.5. The highest BCUT2D eigenvalue weighted by atomic mass is 16.5. The van der Waals surface area contributed by atoms with E-state index >= 15 is 0 Å². The predicted octanol–water partition coefficient (Wildman–Crippen LogP) is 2.86. The van der Waals surface area contributed by atoms with E-state index in [4.69, 9.17) is 9.47 Å². The first-order valence-electron chi connectivity index (χ1n) is 11.1. The number of carbonyl (C=O) groups excluding carboxylic acids is 2. The Morgan fingerprint density at radius 2 is 1.73 bits per heavy atom. The fourth-order valence-corrected chi connectivity index (χ4v) is 4.66. The number of hydrogen-bond donors (Lipinski definition) is 2. The van der Waals surface area contributed by atoms with Crippen LogP contribution in [0.3, 0.4) is 0 Å². The van der Waals surface area contributed by atoms with E-state index in [0.29, 0.717) is 0 Å². The van der Waals surface area contributed by atoms with Gasteiger partial charge in [0.1, 0.15) is 6.61 Å². The van der Waals surface area contributed by atoms with Crippen LogP contribution >= 0.6 is 0 Å². The summed E-state index contributed by atoms with van der Waals surface area (Å²) in [7, 11) is 0. The minimum Gasteiger partial charge on any atom is -0.480 e. The Morgan fingerprint density at radius 3 is 2.33 bits per heavy atom. The third kappa shape index (κ3) is 4.57. The number of carbonyl (C=O) groups is 3. The molecule has 33 heavy (non-hydrogen) atoms. The second kappa shape index (κ2) is 9.62. The lowest BCUT2D eigenvalue weighted by Gasteiger charge is -2.38. The summed E-state index contributed by atoms with van der Waals surface area (Å²) in [4.78, 5) is 38.1.